The number of carbonyl (C=O) groups is 1. The fourth-order valence-electron chi connectivity index (χ4n) is 0.975. The summed E-state index contributed by atoms with van der Waals surface area (Å²) in [4.78, 5) is 10.9. The molecule has 0 fully saturated rings. The average molecular weight is 219 g/mol. The molecule has 0 heterocycles. The Balaban J connectivity index is 3.20. The van der Waals surface area contributed by atoms with Gasteiger partial charge in [-0.05, 0) is 19.1 Å². The first-order valence-corrected chi connectivity index (χ1v) is 4.42. The quantitative estimate of drug-likeness (QED) is 0.829. The summed E-state index contributed by atoms with van der Waals surface area (Å²) in [6.45, 7) is 1.28. The van der Waals surface area contributed by atoms with Gasteiger partial charge in [-0.3, -0.25) is 4.79 Å². The first kappa shape index (κ1) is 10.5. The summed E-state index contributed by atoms with van der Waals surface area (Å²) in [6, 6.07) is 4.81. The Hall–Kier alpha value is -0.570. The third kappa shape index (κ3) is 2.21. The van der Waals surface area contributed by atoms with Gasteiger partial charge in [0.25, 0.3) is 0 Å². The summed E-state index contributed by atoms with van der Waals surface area (Å²) >= 11 is 11.5. The second kappa shape index (κ2) is 4.09. The van der Waals surface area contributed by atoms with Gasteiger partial charge in [0.1, 0.15) is 6.10 Å². The summed E-state index contributed by atoms with van der Waals surface area (Å²) in [5, 5.41) is 10.0. The van der Waals surface area contributed by atoms with Crippen molar-refractivity contribution in [2.24, 2.45) is 0 Å². The summed E-state index contributed by atoms with van der Waals surface area (Å²) in [6.07, 6.45) is -1.24. The zero-order valence-electron chi connectivity index (χ0n) is 6.92. The van der Waals surface area contributed by atoms with Crippen LogP contribution in [0.15, 0.2) is 18.2 Å². The molecule has 1 aromatic rings. The molecule has 0 saturated carbocycles. The first-order valence-electron chi connectivity index (χ1n) is 3.66. The zero-order valence-corrected chi connectivity index (χ0v) is 8.43. The maximum atomic E-state index is 10.9. The van der Waals surface area contributed by atoms with Crippen molar-refractivity contribution >= 4 is 29.0 Å². The van der Waals surface area contributed by atoms with Crippen LogP contribution in [0.2, 0.25) is 10.0 Å². The Kier molecular flexibility index (Phi) is 3.31. The maximum absolute atomic E-state index is 10.9. The number of hydrogen-bond donors (Lipinski definition) is 1. The normalized spacial score (nSPS) is 12.6. The molecule has 0 saturated heterocycles. The number of carbonyl (C=O) groups excluding carboxylic acids is 1. The molecule has 0 radical (unpaired) electrons. The molecule has 0 unspecified atom stereocenters. The second-order valence-electron chi connectivity index (χ2n) is 2.65. The predicted molar refractivity (Wildman–Crippen MR) is 52.1 cm³/mol. The molecular formula is C9H8Cl2O2. The van der Waals surface area contributed by atoms with Gasteiger partial charge in [-0.15, -0.1) is 0 Å². The molecule has 0 aliphatic heterocycles. The van der Waals surface area contributed by atoms with Gasteiger partial charge < -0.3 is 5.11 Å². The summed E-state index contributed by atoms with van der Waals surface area (Å²) in [5.74, 6) is -0.380. The van der Waals surface area contributed by atoms with Gasteiger partial charge >= 0.3 is 0 Å². The molecule has 0 spiro atoms. The van der Waals surface area contributed by atoms with E-state index in [1.807, 2.05) is 0 Å². The standard InChI is InChI=1S/C9H8Cl2O2/c1-5(12)9(13)8-6(10)3-2-4-7(8)11/h2-4,9,13H,1H3/t9-/m1/s1. The van der Waals surface area contributed by atoms with E-state index in [1.165, 1.54) is 6.92 Å². The topological polar surface area (TPSA) is 37.3 Å². The highest BCUT2D eigenvalue weighted by molar-refractivity contribution is 6.36. The van der Waals surface area contributed by atoms with Crippen molar-refractivity contribution in [3.8, 4) is 0 Å². The van der Waals surface area contributed by atoms with Crippen molar-refractivity contribution in [1.29, 1.82) is 0 Å². The van der Waals surface area contributed by atoms with Crippen molar-refractivity contribution < 1.29 is 9.90 Å². The van der Waals surface area contributed by atoms with Crippen LogP contribution in [0.4, 0.5) is 0 Å². The smallest absolute Gasteiger partial charge is 0.162 e. The molecule has 13 heavy (non-hydrogen) atoms. The molecule has 0 bridgehead atoms. The fourth-order valence-corrected chi connectivity index (χ4v) is 1.58. The number of Topliss-reactive ketones (excluding diaryl/α,β-unsaturated/α-hetero) is 1. The largest absolute Gasteiger partial charge is 0.380 e. The van der Waals surface area contributed by atoms with Crippen LogP contribution in [-0.2, 0) is 4.79 Å². The number of halogens is 2. The molecule has 0 aliphatic carbocycles. The monoisotopic (exact) mass is 218 g/mol. The van der Waals surface area contributed by atoms with Crippen molar-refractivity contribution in [1.82, 2.24) is 0 Å². The zero-order chi connectivity index (χ0) is 10.0. The van der Waals surface area contributed by atoms with E-state index in [4.69, 9.17) is 23.2 Å². The van der Waals surface area contributed by atoms with E-state index < -0.39 is 6.10 Å². The SMILES string of the molecule is CC(=O)[C@@H](O)c1c(Cl)cccc1Cl. The van der Waals surface area contributed by atoms with Gasteiger partial charge in [0.15, 0.2) is 5.78 Å². The molecule has 1 rings (SSSR count). The van der Waals surface area contributed by atoms with Crippen molar-refractivity contribution in [2.75, 3.05) is 0 Å². The molecule has 0 amide bonds. The lowest BCUT2D eigenvalue weighted by atomic mass is 10.1. The molecule has 2 nitrogen and oxygen atoms in total. The lowest BCUT2D eigenvalue weighted by Gasteiger charge is -2.10. The number of ketones is 1. The molecule has 0 aromatic heterocycles. The van der Waals surface area contributed by atoms with Crippen LogP contribution in [0.5, 0.6) is 0 Å². The first-order chi connectivity index (χ1) is 6.04. The van der Waals surface area contributed by atoms with Crippen LogP contribution >= 0.6 is 23.2 Å². The van der Waals surface area contributed by atoms with Crippen molar-refractivity contribution in [2.45, 2.75) is 13.0 Å². The van der Waals surface area contributed by atoms with Gasteiger partial charge in [-0.2, -0.15) is 0 Å². The Morgan fingerprint density at radius 1 is 1.38 bits per heavy atom. The molecule has 4 heteroatoms. The third-order valence-electron chi connectivity index (χ3n) is 1.66. The van der Waals surface area contributed by atoms with Crippen LogP contribution in [0.1, 0.15) is 18.6 Å². The number of benzene rings is 1. The van der Waals surface area contributed by atoms with E-state index in [1.54, 1.807) is 18.2 Å². The van der Waals surface area contributed by atoms with Gasteiger partial charge in [0.05, 0.1) is 0 Å². The highest BCUT2D eigenvalue weighted by Crippen LogP contribution is 2.30. The molecular weight excluding hydrogens is 211 g/mol. The Labute approximate surface area is 86.1 Å². The summed E-state index contributed by atoms with van der Waals surface area (Å²) in [7, 11) is 0. The highest BCUT2D eigenvalue weighted by Gasteiger charge is 2.18. The van der Waals surface area contributed by atoms with Crippen LogP contribution in [0.3, 0.4) is 0 Å². The lowest BCUT2D eigenvalue weighted by Crippen LogP contribution is -2.08. The van der Waals surface area contributed by atoms with E-state index in [9.17, 15) is 9.90 Å². The van der Waals surface area contributed by atoms with E-state index >= 15 is 0 Å². The minimum Gasteiger partial charge on any atom is -0.380 e. The van der Waals surface area contributed by atoms with Gasteiger partial charge in [0.2, 0.25) is 0 Å². The van der Waals surface area contributed by atoms with E-state index in [2.05, 4.69) is 0 Å². The maximum Gasteiger partial charge on any atom is 0.162 e. The Morgan fingerprint density at radius 3 is 2.23 bits per heavy atom. The van der Waals surface area contributed by atoms with Gasteiger partial charge in [0, 0.05) is 15.6 Å². The van der Waals surface area contributed by atoms with E-state index in [0.717, 1.165) is 0 Å². The molecule has 0 aliphatic rings. The number of aliphatic hydroxyl groups excluding tert-OH is 1. The van der Waals surface area contributed by atoms with Crippen LogP contribution in [0.25, 0.3) is 0 Å². The highest BCUT2D eigenvalue weighted by atomic mass is 35.5. The average Bonchev–Trinajstić information content (AvgIpc) is 2.03. The fraction of sp³-hybridized carbons (Fsp3) is 0.222. The van der Waals surface area contributed by atoms with Gasteiger partial charge in [-0.25, -0.2) is 0 Å². The molecule has 1 aromatic carbocycles. The predicted octanol–water partition coefficient (Wildman–Crippen LogP) is 2.62. The summed E-state index contributed by atoms with van der Waals surface area (Å²) in [5.41, 5.74) is 0.276. The van der Waals surface area contributed by atoms with E-state index in [0.29, 0.717) is 10.0 Å². The van der Waals surface area contributed by atoms with Crippen LogP contribution in [0, 0.1) is 0 Å². The van der Waals surface area contributed by atoms with Crippen molar-refractivity contribution in [3.63, 3.8) is 0 Å². The van der Waals surface area contributed by atoms with Crippen LogP contribution < -0.4 is 0 Å². The molecule has 1 atom stereocenters. The number of rotatable bonds is 2. The number of hydrogen-bond acceptors (Lipinski definition) is 2. The van der Waals surface area contributed by atoms with Crippen molar-refractivity contribution in [3.05, 3.63) is 33.8 Å². The molecule has 70 valence electrons. The van der Waals surface area contributed by atoms with Crippen LogP contribution in [-0.4, -0.2) is 10.9 Å². The minimum atomic E-state index is -1.24. The second-order valence-corrected chi connectivity index (χ2v) is 3.46. The Bertz CT molecular complexity index is 316. The number of aliphatic hydroxyl groups is 1. The van der Waals surface area contributed by atoms with Gasteiger partial charge in [-0.1, -0.05) is 29.3 Å². The molecule has 1 N–H and O–H groups in total. The third-order valence-corrected chi connectivity index (χ3v) is 2.32. The minimum absolute atomic E-state index is 0.276. The Morgan fingerprint density at radius 2 is 1.85 bits per heavy atom. The van der Waals surface area contributed by atoms with E-state index in [-0.39, 0.29) is 11.3 Å². The lowest BCUT2D eigenvalue weighted by molar-refractivity contribution is -0.125. The summed E-state index contributed by atoms with van der Waals surface area (Å²) < 4.78 is 0.